The van der Waals surface area contributed by atoms with Crippen molar-refractivity contribution in [3.05, 3.63) is 33.2 Å². The summed E-state index contributed by atoms with van der Waals surface area (Å²) in [5.74, 6) is 1.27. The van der Waals surface area contributed by atoms with E-state index in [1.807, 2.05) is 6.07 Å². The average Bonchev–Trinajstić information content (AvgIpc) is 2.20. The quantitative estimate of drug-likeness (QED) is 0.728. The van der Waals surface area contributed by atoms with Gasteiger partial charge in [0.15, 0.2) is 0 Å². The van der Waals surface area contributed by atoms with Gasteiger partial charge in [0.2, 0.25) is 0 Å². The van der Waals surface area contributed by atoms with Crippen molar-refractivity contribution in [3.63, 3.8) is 0 Å². The molecule has 3 nitrogen and oxygen atoms in total. The molecule has 0 bridgehead atoms. The van der Waals surface area contributed by atoms with Crippen LogP contribution in [0.5, 0.6) is 0 Å². The number of pyridine rings is 1. The fourth-order valence-electron chi connectivity index (χ4n) is 2.21. The van der Waals surface area contributed by atoms with Gasteiger partial charge in [0.05, 0.1) is 6.61 Å². The van der Waals surface area contributed by atoms with Gasteiger partial charge in [-0.05, 0) is 36.3 Å². The first kappa shape index (κ1) is 10.4. The summed E-state index contributed by atoms with van der Waals surface area (Å²) in [5, 5.41) is 9.02. The van der Waals surface area contributed by atoms with Crippen LogP contribution in [0.4, 0.5) is 0 Å². The van der Waals surface area contributed by atoms with Crippen LogP contribution >= 0.6 is 0 Å². The Morgan fingerprint density at radius 2 is 2.07 bits per heavy atom. The van der Waals surface area contributed by atoms with Crippen LogP contribution in [-0.4, -0.2) is 10.1 Å². The van der Waals surface area contributed by atoms with E-state index >= 15 is 0 Å². The van der Waals surface area contributed by atoms with E-state index in [1.165, 1.54) is 5.56 Å². The Bertz CT molecular complexity index is 422. The largest absolute Gasteiger partial charge is 0.391 e. The van der Waals surface area contributed by atoms with E-state index in [-0.39, 0.29) is 12.2 Å². The van der Waals surface area contributed by atoms with Gasteiger partial charge in [-0.25, -0.2) is 0 Å². The molecule has 0 fully saturated rings. The van der Waals surface area contributed by atoms with E-state index in [9.17, 15) is 4.79 Å². The van der Waals surface area contributed by atoms with Gasteiger partial charge in [0, 0.05) is 11.3 Å². The summed E-state index contributed by atoms with van der Waals surface area (Å²) in [7, 11) is 0. The molecule has 2 atom stereocenters. The molecule has 0 aliphatic heterocycles. The van der Waals surface area contributed by atoms with E-state index in [0.29, 0.717) is 17.4 Å². The van der Waals surface area contributed by atoms with Crippen molar-refractivity contribution in [2.75, 3.05) is 0 Å². The smallest absolute Gasteiger partial charge is 0.253 e. The SMILES string of the molecule is CC1Cc2cc(CO)c(=O)[nH]c2CC1C. The Morgan fingerprint density at radius 1 is 1.40 bits per heavy atom. The van der Waals surface area contributed by atoms with Gasteiger partial charge in [-0.1, -0.05) is 13.8 Å². The van der Waals surface area contributed by atoms with Gasteiger partial charge in [-0.15, -0.1) is 0 Å². The molecule has 82 valence electrons. The predicted octanol–water partition coefficient (Wildman–Crippen LogP) is 1.24. The number of hydrogen-bond donors (Lipinski definition) is 2. The molecule has 0 saturated heterocycles. The molecule has 0 amide bonds. The van der Waals surface area contributed by atoms with Gasteiger partial charge < -0.3 is 10.1 Å². The first-order valence-corrected chi connectivity index (χ1v) is 5.46. The van der Waals surface area contributed by atoms with Gasteiger partial charge in [0.25, 0.3) is 5.56 Å². The number of aromatic amines is 1. The molecule has 15 heavy (non-hydrogen) atoms. The van der Waals surface area contributed by atoms with Crippen LogP contribution in [0.15, 0.2) is 10.9 Å². The van der Waals surface area contributed by atoms with Crippen molar-refractivity contribution in [1.82, 2.24) is 4.98 Å². The number of aromatic nitrogens is 1. The van der Waals surface area contributed by atoms with Crippen LogP contribution in [0.1, 0.15) is 30.7 Å². The molecule has 2 rings (SSSR count). The van der Waals surface area contributed by atoms with Crippen molar-refractivity contribution in [2.45, 2.75) is 33.3 Å². The van der Waals surface area contributed by atoms with Gasteiger partial charge in [-0.3, -0.25) is 4.79 Å². The summed E-state index contributed by atoms with van der Waals surface area (Å²) in [6.07, 6.45) is 1.94. The molecule has 0 saturated carbocycles. The Labute approximate surface area is 89.2 Å². The van der Waals surface area contributed by atoms with Crippen LogP contribution in [0, 0.1) is 11.8 Å². The van der Waals surface area contributed by atoms with E-state index in [4.69, 9.17) is 5.11 Å². The minimum atomic E-state index is -0.174. The Morgan fingerprint density at radius 3 is 2.73 bits per heavy atom. The molecule has 1 aromatic heterocycles. The third kappa shape index (κ3) is 1.84. The summed E-state index contributed by atoms with van der Waals surface area (Å²) in [6, 6.07) is 1.86. The molecule has 1 heterocycles. The van der Waals surface area contributed by atoms with Crippen molar-refractivity contribution in [2.24, 2.45) is 11.8 Å². The number of nitrogens with one attached hydrogen (secondary N) is 1. The number of aliphatic hydroxyl groups is 1. The zero-order chi connectivity index (χ0) is 11.0. The van der Waals surface area contributed by atoms with Crippen molar-refractivity contribution < 1.29 is 5.11 Å². The third-order valence-corrected chi connectivity index (χ3v) is 3.50. The predicted molar refractivity (Wildman–Crippen MR) is 58.7 cm³/mol. The lowest BCUT2D eigenvalue weighted by atomic mass is 9.80. The molecular weight excluding hydrogens is 190 g/mol. The van der Waals surface area contributed by atoms with Gasteiger partial charge in [0.1, 0.15) is 0 Å². The van der Waals surface area contributed by atoms with E-state index in [2.05, 4.69) is 18.8 Å². The van der Waals surface area contributed by atoms with E-state index < -0.39 is 0 Å². The number of H-pyrrole nitrogens is 1. The van der Waals surface area contributed by atoms with Crippen LogP contribution in [-0.2, 0) is 19.4 Å². The Balaban J connectivity index is 2.45. The lowest BCUT2D eigenvalue weighted by molar-refractivity contribution is 0.279. The molecule has 0 aromatic carbocycles. The second kappa shape index (κ2) is 3.81. The molecule has 0 spiro atoms. The minimum Gasteiger partial charge on any atom is -0.391 e. The molecular formula is C12H17NO2. The molecule has 0 radical (unpaired) electrons. The second-order valence-corrected chi connectivity index (χ2v) is 4.65. The standard InChI is InChI=1S/C12H17NO2/c1-7-3-9-5-10(6-14)12(15)13-11(9)4-8(7)2/h5,7-8,14H,3-4,6H2,1-2H3,(H,13,15). The Hall–Kier alpha value is -1.09. The van der Waals surface area contributed by atoms with Crippen molar-refractivity contribution in [1.29, 1.82) is 0 Å². The van der Waals surface area contributed by atoms with Crippen LogP contribution < -0.4 is 5.56 Å². The third-order valence-electron chi connectivity index (χ3n) is 3.50. The molecule has 2 unspecified atom stereocenters. The number of fused-ring (bicyclic) bond motifs is 1. The highest BCUT2D eigenvalue weighted by atomic mass is 16.3. The minimum absolute atomic E-state index is 0.141. The highest BCUT2D eigenvalue weighted by Crippen LogP contribution is 2.28. The second-order valence-electron chi connectivity index (χ2n) is 4.65. The summed E-state index contributed by atoms with van der Waals surface area (Å²) < 4.78 is 0. The molecule has 2 N–H and O–H groups in total. The molecule has 3 heteroatoms. The molecule has 1 aliphatic rings. The molecule has 1 aromatic rings. The monoisotopic (exact) mass is 207 g/mol. The van der Waals surface area contributed by atoms with Crippen molar-refractivity contribution >= 4 is 0 Å². The summed E-state index contributed by atoms with van der Waals surface area (Å²) in [6.45, 7) is 4.27. The maximum atomic E-state index is 11.5. The Kier molecular flexibility index (Phi) is 2.65. The zero-order valence-electron chi connectivity index (χ0n) is 9.21. The van der Waals surface area contributed by atoms with Gasteiger partial charge >= 0.3 is 0 Å². The number of aliphatic hydroxyl groups excluding tert-OH is 1. The maximum Gasteiger partial charge on any atom is 0.253 e. The number of hydrogen-bond acceptors (Lipinski definition) is 2. The lowest BCUT2D eigenvalue weighted by Crippen LogP contribution is -2.26. The number of rotatable bonds is 1. The van der Waals surface area contributed by atoms with Crippen LogP contribution in [0.3, 0.4) is 0 Å². The normalized spacial score (nSPS) is 25.0. The van der Waals surface area contributed by atoms with E-state index in [0.717, 1.165) is 18.5 Å². The lowest BCUT2D eigenvalue weighted by Gasteiger charge is -2.27. The van der Waals surface area contributed by atoms with Crippen LogP contribution in [0.2, 0.25) is 0 Å². The average molecular weight is 207 g/mol. The fraction of sp³-hybridized carbons (Fsp3) is 0.583. The molecule has 1 aliphatic carbocycles. The summed E-state index contributed by atoms with van der Waals surface area (Å²) in [4.78, 5) is 14.4. The van der Waals surface area contributed by atoms with Gasteiger partial charge in [-0.2, -0.15) is 0 Å². The fourth-order valence-corrected chi connectivity index (χ4v) is 2.21. The van der Waals surface area contributed by atoms with Crippen molar-refractivity contribution in [3.8, 4) is 0 Å². The topological polar surface area (TPSA) is 53.1 Å². The highest BCUT2D eigenvalue weighted by Gasteiger charge is 2.23. The summed E-state index contributed by atoms with van der Waals surface area (Å²) >= 11 is 0. The maximum absolute atomic E-state index is 11.5. The zero-order valence-corrected chi connectivity index (χ0v) is 9.21. The highest BCUT2D eigenvalue weighted by molar-refractivity contribution is 5.28. The summed E-state index contributed by atoms with van der Waals surface area (Å²) in [5.41, 5.74) is 2.60. The van der Waals surface area contributed by atoms with E-state index in [1.54, 1.807) is 0 Å². The van der Waals surface area contributed by atoms with Crippen LogP contribution in [0.25, 0.3) is 0 Å². The first-order valence-electron chi connectivity index (χ1n) is 5.46. The first-order chi connectivity index (χ1) is 7.11.